The monoisotopic (exact) mass is 364 g/mol. The first-order valence-electron chi connectivity index (χ1n) is 8.84. The third-order valence-corrected chi connectivity index (χ3v) is 5.91. The summed E-state index contributed by atoms with van der Waals surface area (Å²) in [6, 6.07) is 17.3. The number of nitrogens with two attached hydrogens (primary N) is 1. The van der Waals surface area contributed by atoms with Crippen LogP contribution in [-0.4, -0.2) is 10.9 Å². The molecular formula is C21H20N2O2S. The molecule has 1 aliphatic carbocycles. The predicted molar refractivity (Wildman–Crippen MR) is 104 cm³/mol. The molecule has 2 aromatic carbocycles. The van der Waals surface area contributed by atoms with Crippen molar-refractivity contribution in [3.8, 4) is 22.8 Å². The number of ether oxygens (including phenoxy) is 1. The molecule has 2 N–H and O–H groups in total. The van der Waals surface area contributed by atoms with Crippen molar-refractivity contribution >= 4 is 17.2 Å². The van der Waals surface area contributed by atoms with E-state index in [-0.39, 0.29) is 0 Å². The van der Waals surface area contributed by atoms with E-state index in [1.807, 2.05) is 54.6 Å². The maximum atomic E-state index is 11.9. The van der Waals surface area contributed by atoms with Gasteiger partial charge < -0.3 is 10.5 Å². The van der Waals surface area contributed by atoms with Crippen molar-refractivity contribution in [3.05, 3.63) is 64.5 Å². The second kappa shape index (κ2) is 7.30. The highest BCUT2D eigenvalue weighted by atomic mass is 32.1. The average Bonchev–Trinajstić information content (AvgIpc) is 3.33. The second-order valence-corrected chi connectivity index (χ2v) is 7.55. The molecule has 1 fully saturated rings. The van der Waals surface area contributed by atoms with E-state index in [4.69, 9.17) is 15.5 Å². The summed E-state index contributed by atoms with van der Waals surface area (Å²) in [6.07, 6.45) is 4.76. The van der Waals surface area contributed by atoms with Crippen molar-refractivity contribution in [2.24, 2.45) is 5.73 Å². The molecule has 4 nitrogen and oxygen atoms in total. The lowest BCUT2D eigenvalue weighted by atomic mass is 10.1. The van der Waals surface area contributed by atoms with Crippen LogP contribution in [0.4, 0.5) is 0 Å². The molecule has 1 saturated carbocycles. The fourth-order valence-electron chi connectivity index (χ4n) is 3.35. The number of nitrogens with zero attached hydrogens (tertiary/aromatic N) is 1. The number of benzene rings is 2. The van der Waals surface area contributed by atoms with Crippen molar-refractivity contribution in [2.75, 3.05) is 0 Å². The number of aromatic nitrogens is 1. The lowest BCUT2D eigenvalue weighted by Crippen LogP contribution is -2.10. The van der Waals surface area contributed by atoms with Gasteiger partial charge in [0.05, 0.1) is 10.7 Å². The summed E-state index contributed by atoms with van der Waals surface area (Å²) >= 11 is 1.45. The number of hydrogen-bond acceptors (Lipinski definition) is 4. The minimum atomic E-state index is -0.411. The van der Waals surface area contributed by atoms with Crippen LogP contribution in [0.1, 0.15) is 46.3 Å². The van der Waals surface area contributed by atoms with Crippen molar-refractivity contribution in [1.82, 2.24) is 4.98 Å². The maximum Gasteiger partial charge on any atom is 0.261 e. The zero-order valence-electron chi connectivity index (χ0n) is 14.4. The zero-order chi connectivity index (χ0) is 17.9. The molecule has 0 unspecified atom stereocenters. The molecule has 1 aliphatic rings. The SMILES string of the molecule is NC(=O)c1sc(C2CCCC2)nc1-c1ccc(Oc2ccccc2)cc1. The van der Waals surface area contributed by atoms with Crippen molar-refractivity contribution in [2.45, 2.75) is 31.6 Å². The molecule has 26 heavy (non-hydrogen) atoms. The van der Waals surface area contributed by atoms with Gasteiger partial charge in [0.2, 0.25) is 0 Å². The summed E-state index contributed by atoms with van der Waals surface area (Å²) in [4.78, 5) is 17.2. The molecular weight excluding hydrogens is 344 g/mol. The maximum absolute atomic E-state index is 11.9. The van der Waals surface area contributed by atoms with E-state index < -0.39 is 5.91 Å². The summed E-state index contributed by atoms with van der Waals surface area (Å²) < 4.78 is 5.82. The highest BCUT2D eigenvalue weighted by molar-refractivity contribution is 7.14. The second-order valence-electron chi connectivity index (χ2n) is 6.51. The highest BCUT2D eigenvalue weighted by Gasteiger charge is 2.25. The van der Waals surface area contributed by atoms with E-state index >= 15 is 0 Å². The average molecular weight is 364 g/mol. The van der Waals surface area contributed by atoms with Crippen LogP contribution >= 0.6 is 11.3 Å². The van der Waals surface area contributed by atoms with E-state index in [2.05, 4.69) is 0 Å². The van der Waals surface area contributed by atoms with Gasteiger partial charge in [0.15, 0.2) is 0 Å². The van der Waals surface area contributed by atoms with Crippen LogP contribution in [0.25, 0.3) is 11.3 Å². The van der Waals surface area contributed by atoms with Crippen molar-refractivity contribution in [3.63, 3.8) is 0 Å². The van der Waals surface area contributed by atoms with Gasteiger partial charge in [-0.1, -0.05) is 31.0 Å². The summed E-state index contributed by atoms with van der Waals surface area (Å²) in [6.45, 7) is 0. The zero-order valence-corrected chi connectivity index (χ0v) is 15.2. The van der Waals surface area contributed by atoms with Crippen LogP contribution in [0.2, 0.25) is 0 Å². The number of amides is 1. The van der Waals surface area contributed by atoms with Crippen molar-refractivity contribution in [1.29, 1.82) is 0 Å². The smallest absolute Gasteiger partial charge is 0.261 e. The van der Waals surface area contributed by atoms with E-state index in [0.29, 0.717) is 16.5 Å². The normalized spacial score (nSPS) is 14.5. The van der Waals surface area contributed by atoms with E-state index in [0.717, 1.165) is 34.9 Å². The highest BCUT2D eigenvalue weighted by Crippen LogP contribution is 2.39. The van der Waals surface area contributed by atoms with Crippen LogP contribution < -0.4 is 10.5 Å². The number of hydrogen-bond donors (Lipinski definition) is 1. The number of primary amides is 1. The molecule has 0 radical (unpaired) electrons. The van der Waals surface area contributed by atoms with Gasteiger partial charge in [-0.3, -0.25) is 4.79 Å². The Hall–Kier alpha value is -2.66. The molecule has 0 atom stereocenters. The Bertz CT molecular complexity index is 898. The summed E-state index contributed by atoms with van der Waals surface area (Å²) in [5.41, 5.74) is 7.18. The topological polar surface area (TPSA) is 65.2 Å². The Balaban J connectivity index is 1.61. The number of rotatable bonds is 5. The number of carbonyl (C=O) groups excluding carboxylic acids is 1. The van der Waals surface area contributed by atoms with Crippen LogP contribution in [0, 0.1) is 0 Å². The molecule has 132 valence electrons. The Morgan fingerprint density at radius 2 is 1.65 bits per heavy atom. The van der Waals surface area contributed by atoms with Crippen molar-refractivity contribution < 1.29 is 9.53 Å². The van der Waals surface area contributed by atoms with E-state index in [9.17, 15) is 4.79 Å². The molecule has 0 saturated heterocycles. The first kappa shape index (κ1) is 16.8. The molecule has 0 bridgehead atoms. The number of carbonyl (C=O) groups is 1. The molecule has 1 heterocycles. The minimum absolute atomic E-state index is 0.411. The van der Waals surface area contributed by atoms with Crippen LogP contribution in [-0.2, 0) is 0 Å². The summed E-state index contributed by atoms with van der Waals surface area (Å²) in [5, 5.41) is 1.04. The predicted octanol–water partition coefficient (Wildman–Crippen LogP) is 5.36. The largest absolute Gasteiger partial charge is 0.457 e. The molecule has 1 aromatic heterocycles. The molecule has 1 amide bonds. The number of para-hydroxylation sites is 1. The van der Waals surface area contributed by atoms with Gasteiger partial charge in [0.1, 0.15) is 16.4 Å². The molecule has 5 heteroatoms. The fraction of sp³-hybridized carbons (Fsp3) is 0.238. The molecule has 0 spiro atoms. The van der Waals surface area contributed by atoms with Gasteiger partial charge in [-0.25, -0.2) is 4.98 Å². The van der Waals surface area contributed by atoms with Crippen LogP contribution in [0.3, 0.4) is 0 Å². The van der Waals surface area contributed by atoms with Gasteiger partial charge in [0.25, 0.3) is 5.91 Å². The molecule has 4 rings (SSSR count). The van der Waals surface area contributed by atoms with Gasteiger partial charge in [-0.2, -0.15) is 0 Å². The molecule has 3 aromatic rings. The number of thiazole rings is 1. The van der Waals surface area contributed by atoms with Crippen LogP contribution in [0.5, 0.6) is 11.5 Å². The lowest BCUT2D eigenvalue weighted by Gasteiger charge is -2.06. The standard InChI is InChI=1S/C21H20N2O2S/c22-20(24)19-18(23-21(26-19)15-6-4-5-7-15)14-10-12-17(13-11-14)25-16-8-2-1-3-9-16/h1-3,8-13,15H,4-7H2,(H2,22,24). The van der Waals surface area contributed by atoms with Crippen LogP contribution in [0.15, 0.2) is 54.6 Å². The van der Waals surface area contributed by atoms with Gasteiger partial charge in [-0.05, 0) is 49.2 Å². The Morgan fingerprint density at radius 1 is 1.00 bits per heavy atom. The third-order valence-electron chi connectivity index (χ3n) is 4.68. The summed E-state index contributed by atoms with van der Waals surface area (Å²) in [7, 11) is 0. The Kier molecular flexibility index (Phi) is 4.71. The Labute approximate surface area is 156 Å². The first-order chi connectivity index (χ1) is 12.7. The Morgan fingerprint density at radius 3 is 2.31 bits per heavy atom. The van der Waals surface area contributed by atoms with Gasteiger partial charge >= 0.3 is 0 Å². The van der Waals surface area contributed by atoms with E-state index in [1.165, 1.54) is 24.2 Å². The van der Waals surface area contributed by atoms with E-state index in [1.54, 1.807) is 0 Å². The first-order valence-corrected chi connectivity index (χ1v) is 9.66. The minimum Gasteiger partial charge on any atom is -0.457 e. The quantitative estimate of drug-likeness (QED) is 0.663. The third kappa shape index (κ3) is 3.48. The summed E-state index contributed by atoms with van der Waals surface area (Å²) in [5.74, 6) is 1.58. The lowest BCUT2D eigenvalue weighted by molar-refractivity contribution is 0.100. The molecule has 0 aliphatic heterocycles. The van der Waals surface area contributed by atoms with Gasteiger partial charge in [-0.15, -0.1) is 11.3 Å². The fourth-order valence-corrected chi connectivity index (χ4v) is 4.46. The van der Waals surface area contributed by atoms with Gasteiger partial charge in [0, 0.05) is 11.5 Å².